The lowest BCUT2D eigenvalue weighted by atomic mass is 9.99. The molecule has 0 aromatic heterocycles. The zero-order valence-electron chi connectivity index (χ0n) is 52.6. The van der Waals surface area contributed by atoms with Crippen LogP contribution in [0.1, 0.15) is 341 Å². The van der Waals surface area contributed by atoms with E-state index in [1.54, 1.807) is 0 Å². The van der Waals surface area contributed by atoms with Crippen molar-refractivity contribution in [2.75, 3.05) is 13.2 Å². The van der Waals surface area contributed by atoms with Crippen LogP contribution in [0.5, 0.6) is 0 Å². The van der Waals surface area contributed by atoms with Crippen molar-refractivity contribution in [3.8, 4) is 0 Å². The van der Waals surface area contributed by atoms with Gasteiger partial charge in [-0.3, -0.25) is 4.79 Å². The Kier molecular flexibility index (Phi) is 57.4. The molecule has 1 aliphatic rings. The number of aliphatic hydroxyl groups excluding tert-OH is 5. The zero-order chi connectivity index (χ0) is 57.9. The maximum Gasteiger partial charge on any atom is 0.220 e. The smallest absolute Gasteiger partial charge is 0.220 e. The molecule has 0 aromatic carbocycles. The molecule has 0 bridgehead atoms. The average molecular weight is 1130 g/mol. The van der Waals surface area contributed by atoms with Crippen LogP contribution in [0.2, 0.25) is 0 Å². The van der Waals surface area contributed by atoms with E-state index >= 15 is 0 Å². The quantitative estimate of drug-likeness (QED) is 0.0261. The van der Waals surface area contributed by atoms with E-state index in [4.69, 9.17) is 9.47 Å². The van der Waals surface area contributed by atoms with Crippen molar-refractivity contribution in [2.24, 2.45) is 0 Å². The fourth-order valence-electron chi connectivity index (χ4n) is 11.3. The summed E-state index contributed by atoms with van der Waals surface area (Å²) in [5.41, 5.74) is 0. The third-order valence-corrected chi connectivity index (χ3v) is 16.7. The van der Waals surface area contributed by atoms with Crippen LogP contribution in [0, 0.1) is 0 Å². The van der Waals surface area contributed by atoms with E-state index in [1.165, 1.54) is 250 Å². The summed E-state index contributed by atoms with van der Waals surface area (Å²) in [4.78, 5) is 13.2. The predicted octanol–water partition coefficient (Wildman–Crippen LogP) is 18.8. The number of hydrogen-bond acceptors (Lipinski definition) is 8. The Balaban J connectivity index is 2.11. The Labute approximate surface area is 494 Å². The molecule has 470 valence electrons. The van der Waals surface area contributed by atoms with Gasteiger partial charge >= 0.3 is 0 Å². The van der Waals surface area contributed by atoms with Crippen molar-refractivity contribution in [3.05, 3.63) is 48.6 Å². The van der Waals surface area contributed by atoms with Crippen molar-refractivity contribution in [2.45, 2.75) is 384 Å². The second-order valence-corrected chi connectivity index (χ2v) is 24.3. The van der Waals surface area contributed by atoms with Crippen LogP contribution >= 0.6 is 0 Å². The lowest BCUT2D eigenvalue weighted by Gasteiger charge is -2.40. The van der Waals surface area contributed by atoms with Crippen LogP contribution < -0.4 is 5.32 Å². The molecular weight excluding hydrogens is 995 g/mol. The fraction of sp³-hybridized carbons (Fsp3) is 0.873. The van der Waals surface area contributed by atoms with E-state index in [9.17, 15) is 30.3 Å². The molecule has 80 heavy (non-hydrogen) atoms. The summed E-state index contributed by atoms with van der Waals surface area (Å²) in [5.74, 6) is -0.138. The maximum absolute atomic E-state index is 13.2. The SMILES string of the molecule is CC/C=C\C/C=C\C/C=C\C/C=C\CCCCCCCCCCCCCCCCCCCCC(=O)NC(COC1OC(CO)C(O)C(O)C1O)C(O)CCCCCCCCCCCCCCCCCCCCCCCCCCCC. The maximum atomic E-state index is 13.2. The predicted molar refractivity (Wildman–Crippen MR) is 341 cm³/mol. The first-order valence-electron chi connectivity index (χ1n) is 34.8. The van der Waals surface area contributed by atoms with Crippen molar-refractivity contribution in [1.29, 1.82) is 0 Å². The highest BCUT2D eigenvalue weighted by molar-refractivity contribution is 5.76. The topological polar surface area (TPSA) is 149 Å². The molecule has 0 saturated carbocycles. The fourth-order valence-corrected chi connectivity index (χ4v) is 11.3. The van der Waals surface area contributed by atoms with Crippen LogP contribution in [0.25, 0.3) is 0 Å². The van der Waals surface area contributed by atoms with E-state index in [2.05, 4.69) is 67.8 Å². The minimum Gasteiger partial charge on any atom is -0.394 e. The van der Waals surface area contributed by atoms with E-state index in [1.807, 2.05) is 0 Å². The molecule has 9 nitrogen and oxygen atoms in total. The molecule has 6 N–H and O–H groups in total. The van der Waals surface area contributed by atoms with Crippen LogP contribution in [-0.4, -0.2) is 87.5 Å². The van der Waals surface area contributed by atoms with Gasteiger partial charge in [-0.25, -0.2) is 0 Å². The number of aliphatic hydroxyl groups is 5. The molecule has 1 heterocycles. The van der Waals surface area contributed by atoms with Crippen LogP contribution in [0.3, 0.4) is 0 Å². The Hall–Kier alpha value is -1.85. The van der Waals surface area contributed by atoms with Gasteiger partial charge < -0.3 is 40.3 Å². The van der Waals surface area contributed by atoms with Crippen molar-refractivity contribution < 1.29 is 39.8 Å². The molecule has 1 aliphatic heterocycles. The standard InChI is InChI=1S/C71H133NO8/c1-3-5-7-9-11-13-15-17-19-21-23-25-27-29-31-32-33-34-35-37-39-41-43-45-47-49-51-53-55-57-59-61-67(75)72-64(63-79-71-70(78)69(77)68(76)66(62-73)80-71)65(74)60-58-56-54-52-50-48-46-44-42-40-38-36-30-28-26-24-22-20-18-16-14-12-10-8-6-4-2/h5,7,11,13,17,19,23,25,64-66,68-71,73-74,76-78H,3-4,6,8-10,12,14-16,18,20-22,24,26-63H2,1-2H3,(H,72,75)/b7-5-,13-11-,19-17-,25-23-. The lowest BCUT2D eigenvalue weighted by Crippen LogP contribution is -2.60. The summed E-state index contributed by atoms with van der Waals surface area (Å²) in [6.45, 7) is 3.78. The van der Waals surface area contributed by atoms with Gasteiger partial charge in [-0.2, -0.15) is 0 Å². The summed E-state index contributed by atoms with van der Waals surface area (Å²) in [5, 5.41) is 55.0. The van der Waals surface area contributed by atoms with E-state index in [0.717, 1.165) is 64.2 Å². The summed E-state index contributed by atoms with van der Waals surface area (Å²) in [7, 11) is 0. The van der Waals surface area contributed by atoms with E-state index in [0.29, 0.717) is 12.8 Å². The first kappa shape index (κ1) is 76.2. The highest BCUT2D eigenvalue weighted by atomic mass is 16.7. The third-order valence-electron chi connectivity index (χ3n) is 16.7. The number of nitrogens with one attached hydrogen (secondary N) is 1. The van der Waals surface area contributed by atoms with Crippen LogP contribution in [0.15, 0.2) is 48.6 Å². The van der Waals surface area contributed by atoms with Crippen LogP contribution in [0.4, 0.5) is 0 Å². The van der Waals surface area contributed by atoms with Crippen LogP contribution in [-0.2, 0) is 14.3 Å². The number of allylic oxidation sites excluding steroid dienone is 8. The third kappa shape index (κ3) is 48.5. The second-order valence-electron chi connectivity index (χ2n) is 24.3. The van der Waals surface area contributed by atoms with E-state index in [-0.39, 0.29) is 12.5 Å². The number of amides is 1. The number of ether oxygens (including phenoxy) is 2. The van der Waals surface area contributed by atoms with E-state index < -0.39 is 49.5 Å². The van der Waals surface area contributed by atoms with Gasteiger partial charge in [-0.15, -0.1) is 0 Å². The Morgan fingerprint density at radius 3 is 1.15 bits per heavy atom. The highest BCUT2D eigenvalue weighted by Crippen LogP contribution is 2.24. The van der Waals surface area contributed by atoms with Gasteiger partial charge in [0.25, 0.3) is 0 Å². The number of carbonyl (C=O) groups is 1. The van der Waals surface area contributed by atoms with Crippen molar-refractivity contribution in [3.63, 3.8) is 0 Å². The molecule has 1 rings (SSSR count). The van der Waals surface area contributed by atoms with Gasteiger partial charge in [0.1, 0.15) is 24.4 Å². The van der Waals surface area contributed by atoms with Gasteiger partial charge in [-0.1, -0.05) is 332 Å². The molecule has 0 radical (unpaired) electrons. The van der Waals surface area contributed by atoms with Crippen molar-refractivity contribution >= 4 is 5.91 Å². The molecule has 1 fully saturated rings. The molecule has 1 saturated heterocycles. The summed E-state index contributed by atoms with van der Waals surface area (Å²) in [6, 6.07) is -0.720. The molecule has 0 aliphatic carbocycles. The molecule has 0 spiro atoms. The minimum atomic E-state index is -1.55. The zero-order valence-corrected chi connectivity index (χ0v) is 52.6. The highest BCUT2D eigenvalue weighted by Gasteiger charge is 2.44. The minimum absolute atomic E-state index is 0.135. The van der Waals surface area contributed by atoms with Gasteiger partial charge in [0.05, 0.1) is 25.4 Å². The molecule has 9 heteroatoms. The second kappa shape index (κ2) is 60.3. The molecule has 0 aromatic rings. The molecule has 1 amide bonds. The number of hydrogen-bond donors (Lipinski definition) is 6. The van der Waals surface area contributed by atoms with Gasteiger partial charge in [0, 0.05) is 6.42 Å². The molecule has 7 atom stereocenters. The Bertz CT molecular complexity index is 1400. The summed E-state index contributed by atoms with van der Waals surface area (Å²) in [6.07, 6.45) is 74.6. The number of unbranched alkanes of at least 4 members (excludes halogenated alkanes) is 43. The van der Waals surface area contributed by atoms with Crippen molar-refractivity contribution in [1.82, 2.24) is 5.32 Å². The monoisotopic (exact) mass is 1130 g/mol. The first-order chi connectivity index (χ1) is 39.3. The Morgan fingerprint density at radius 2 is 0.775 bits per heavy atom. The first-order valence-corrected chi connectivity index (χ1v) is 34.8. The largest absolute Gasteiger partial charge is 0.394 e. The summed E-state index contributed by atoms with van der Waals surface area (Å²) >= 11 is 0. The lowest BCUT2D eigenvalue weighted by molar-refractivity contribution is -0.302. The van der Waals surface area contributed by atoms with Gasteiger partial charge in [-0.05, 0) is 51.4 Å². The number of rotatable bonds is 61. The number of carbonyl (C=O) groups excluding carboxylic acids is 1. The average Bonchev–Trinajstić information content (AvgIpc) is 3.46. The van der Waals surface area contributed by atoms with Gasteiger partial charge in [0.15, 0.2) is 6.29 Å². The summed E-state index contributed by atoms with van der Waals surface area (Å²) < 4.78 is 11.4. The normalized spacial score (nSPS) is 18.7. The molecular formula is C71H133NO8. The Morgan fingerprint density at radius 1 is 0.438 bits per heavy atom. The molecule has 7 unspecified atom stereocenters. The van der Waals surface area contributed by atoms with Gasteiger partial charge in [0.2, 0.25) is 5.91 Å².